The first kappa shape index (κ1) is 21.3. The van der Waals surface area contributed by atoms with E-state index in [1.807, 2.05) is 6.07 Å². The number of carbonyl (C=O) groups excluding carboxylic acids is 1. The Labute approximate surface area is 173 Å². The Hall–Kier alpha value is -3.43. The molecule has 7 nitrogen and oxygen atoms in total. The summed E-state index contributed by atoms with van der Waals surface area (Å²) in [5, 5.41) is 7.83. The highest BCUT2D eigenvalue weighted by Gasteiger charge is 2.18. The van der Waals surface area contributed by atoms with Crippen molar-refractivity contribution in [3.8, 4) is 11.5 Å². The minimum atomic E-state index is -3.94. The zero-order valence-corrected chi connectivity index (χ0v) is 16.9. The van der Waals surface area contributed by atoms with Crippen molar-refractivity contribution < 1.29 is 22.3 Å². The number of para-hydroxylation sites is 1. The van der Waals surface area contributed by atoms with Gasteiger partial charge in [0.2, 0.25) is 10.0 Å². The van der Waals surface area contributed by atoms with E-state index in [2.05, 4.69) is 5.32 Å². The molecule has 0 spiro atoms. The number of sulfonamides is 1. The Morgan fingerprint density at radius 2 is 1.73 bits per heavy atom. The fraction of sp³-hybridized carbons (Fsp3) is 0.0952. The predicted octanol–water partition coefficient (Wildman–Crippen LogP) is 3.93. The minimum absolute atomic E-state index is 0.0252. The third kappa shape index (κ3) is 5.34. The Morgan fingerprint density at radius 1 is 1.07 bits per heavy atom. The van der Waals surface area contributed by atoms with Crippen LogP contribution in [0.1, 0.15) is 5.56 Å². The van der Waals surface area contributed by atoms with Gasteiger partial charge in [-0.25, -0.2) is 22.7 Å². The molecule has 9 heteroatoms. The van der Waals surface area contributed by atoms with Crippen LogP contribution in [0.15, 0.2) is 77.7 Å². The van der Waals surface area contributed by atoms with Crippen LogP contribution in [0, 0.1) is 5.82 Å². The first-order chi connectivity index (χ1) is 14.2. The first-order valence-corrected chi connectivity index (χ1v) is 10.4. The van der Waals surface area contributed by atoms with Gasteiger partial charge >= 0.3 is 6.03 Å². The monoisotopic (exact) mass is 429 g/mol. The lowest BCUT2D eigenvalue weighted by molar-refractivity contribution is 0.220. The molecule has 3 rings (SSSR count). The lowest BCUT2D eigenvalue weighted by Gasteiger charge is -2.20. The van der Waals surface area contributed by atoms with Crippen LogP contribution in [-0.4, -0.2) is 26.4 Å². The predicted molar refractivity (Wildman–Crippen MR) is 111 cm³/mol. The number of primary sulfonamides is 1. The zero-order chi connectivity index (χ0) is 21.7. The summed E-state index contributed by atoms with van der Waals surface area (Å²) < 4.78 is 43.0. The maximum Gasteiger partial charge on any atom is 0.321 e. The topological polar surface area (TPSA) is 102 Å². The van der Waals surface area contributed by atoms with E-state index < -0.39 is 21.9 Å². The molecule has 0 unspecified atom stereocenters. The van der Waals surface area contributed by atoms with E-state index in [9.17, 15) is 17.6 Å². The normalized spacial score (nSPS) is 11.0. The molecule has 0 bridgehead atoms. The smallest absolute Gasteiger partial charge is 0.321 e. The molecule has 0 atom stereocenters. The molecule has 3 aromatic rings. The van der Waals surface area contributed by atoms with Gasteiger partial charge in [-0.3, -0.25) is 0 Å². The van der Waals surface area contributed by atoms with Crippen LogP contribution in [-0.2, 0) is 16.6 Å². The molecular weight excluding hydrogens is 409 g/mol. The van der Waals surface area contributed by atoms with Crippen molar-refractivity contribution in [2.24, 2.45) is 5.14 Å². The molecule has 0 aromatic heterocycles. The highest BCUT2D eigenvalue weighted by molar-refractivity contribution is 7.89. The fourth-order valence-electron chi connectivity index (χ4n) is 2.75. The number of nitrogens with two attached hydrogens (primary N) is 1. The van der Waals surface area contributed by atoms with Crippen LogP contribution in [0.3, 0.4) is 0 Å². The summed E-state index contributed by atoms with van der Waals surface area (Å²) in [6, 6.07) is 18.2. The molecule has 0 aliphatic heterocycles. The van der Waals surface area contributed by atoms with Crippen molar-refractivity contribution in [3.63, 3.8) is 0 Å². The summed E-state index contributed by atoms with van der Waals surface area (Å²) in [5.74, 6) is 0.234. The third-order valence-electron chi connectivity index (χ3n) is 4.19. The van der Waals surface area contributed by atoms with Gasteiger partial charge in [0.05, 0.1) is 10.6 Å². The van der Waals surface area contributed by atoms with Gasteiger partial charge in [0.1, 0.15) is 11.6 Å². The van der Waals surface area contributed by atoms with Crippen molar-refractivity contribution in [2.75, 3.05) is 12.4 Å². The Morgan fingerprint density at radius 3 is 2.43 bits per heavy atom. The summed E-state index contributed by atoms with van der Waals surface area (Å²) in [6.07, 6.45) is 0. The van der Waals surface area contributed by atoms with Gasteiger partial charge in [0, 0.05) is 19.7 Å². The Kier molecular flexibility index (Phi) is 6.34. The maximum atomic E-state index is 13.8. The maximum absolute atomic E-state index is 13.8. The number of hydrogen-bond donors (Lipinski definition) is 2. The van der Waals surface area contributed by atoms with Crippen LogP contribution in [0.2, 0.25) is 0 Å². The number of urea groups is 1. The minimum Gasteiger partial charge on any atom is -0.455 e. The van der Waals surface area contributed by atoms with Gasteiger partial charge < -0.3 is 15.0 Å². The largest absolute Gasteiger partial charge is 0.455 e. The van der Waals surface area contributed by atoms with E-state index in [0.29, 0.717) is 11.3 Å². The van der Waals surface area contributed by atoms with Crippen LogP contribution in [0.5, 0.6) is 11.5 Å². The molecule has 0 radical (unpaired) electrons. The van der Waals surface area contributed by atoms with E-state index in [0.717, 1.165) is 6.07 Å². The van der Waals surface area contributed by atoms with Crippen LogP contribution in [0.4, 0.5) is 14.9 Å². The standard InChI is InChI=1S/C21H20FN3O4S/c1-25(14-15-7-5-6-10-20(15)30(23,27)28)21(26)24-18-13-16(22)11-12-19(18)29-17-8-3-2-4-9-17/h2-13H,14H2,1H3,(H,24,26)(H2,23,27,28). The molecule has 156 valence electrons. The van der Waals surface area contributed by atoms with Gasteiger partial charge in [0.25, 0.3) is 0 Å². The number of carbonyl (C=O) groups is 1. The number of amides is 2. The molecule has 3 aromatic carbocycles. The molecule has 0 fully saturated rings. The van der Waals surface area contributed by atoms with Gasteiger partial charge in [-0.05, 0) is 35.9 Å². The number of ether oxygens (including phenoxy) is 1. The number of benzene rings is 3. The van der Waals surface area contributed by atoms with E-state index in [-0.39, 0.29) is 22.9 Å². The number of halogens is 1. The summed E-state index contributed by atoms with van der Waals surface area (Å²) in [7, 11) is -2.46. The van der Waals surface area contributed by atoms with Crippen molar-refractivity contribution in [3.05, 3.63) is 84.2 Å². The second-order valence-corrected chi connectivity index (χ2v) is 8.02. The molecule has 0 aliphatic carbocycles. The quantitative estimate of drug-likeness (QED) is 0.620. The lowest BCUT2D eigenvalue weighted by Crippen LogP contribution is -2.31. The summed E-state index contributed by atoms with van der Waals surface area (Å²) in [6.45, 7) is -0.0252. The molecule has 0 aliphatic rings. The molecule has 0 saturated carbocycles. The Balaban J connectivity index is 1.79. The number of nitrogens with one attached hydrogen (secondary N) is 1. The molecular formula is C21H20FN3O4S. The number of rotatable bonds is 6. The van der Waals surface area contributed by atoms with Crippen molar-refractivity contribution in [1.82, 2.24) is 4.90 Å². The second kappa shape index (κ2) is 8.93. The fourth-order valence-corrected chi connectivity index (χ4v) is 3.52. The summed E-state index contributed by atoms with van der Waals surface area (Å²) >= 11 is 0. The second-order valence-electron chi connectivity index (χ2n) is 6.49. The molecule has 30 heavy (non-hydrogen) atoms. The highest BCUT2D eigenvalue weighted by Crippen LogP contribution is 2.30. The van der Waals surface area contributed by atoms with Crippen LogP contribution >= 0.6 is 0 Å². The van der Waals surface area contributed by atoms with Crippen LogP contribution in [0.25, 0.3) is 0 Å². The third-order valence-corrected chi connectivity index (χ3v) is 5.20. The van der Waals surface area contributed by atoms with Crippen molar-refractivity contribution in [1.29, 1.82) is 0 Å². The van der Waals surface area contributed by atoms with Gasteiger partial charge in [0.15, 0.2) is 5.75 Å². The van der Waals surface area contributed by atoms with E-state index in [1.165, 1.54) is 30.1 Å². The van der Waals surface area contributed by atoms with Gasteiger partial charge in [-0.2, -0.15) is 0 Å². The zero-order valence-electron chi connectivity index (χ0n) is 16.1. The van der Waals surface area contributed by atoms with Crippen LogP contribution < -0.4 is 15.2 Å². The number of nitrogens with zero attached hydrogens (tertiary/aromatic N) is 1. The first-order valence-electron chi connectivity index (χ1n) is 8.89. The van der Waals surface area contributed by atoms with E-state index >= 15 is 0 Å². The SMILES string of the molecule is CN(Cc1ccccc1S(N)(=O)=O)C(=O)Nc1cc(F)ccc1Oc1ccccc1. The van der Waals surface area contributed by atoms with E-state index in [4.69, 9.17) is 9.88 Å². The highest BCUT2D eigenvalue weighted by atomic mass is 32.2. The molecule has 0 saturated heterocycles. The number of anilines is 1. The van der Waals surface area contributed by atoms with Gasteiger partial charge in [-0.15, -0.1) is 0 Å². The summed E-state index contributed by atoms with van der Waals surface area (Å²) in [5.41, 5.74) is 0.494. The van der Waals surface area contributed by atoms with Crippen molar-refractivity contribution in [2.45, 2.75) is 11.4 Å². The van der Waals surface area contributed by atoms with E-state index in [1.54, 1.807) is 42.5 Å². The number of hydrogen-bond acceptors (Lipinski definition) is 4. The molecule has 0 heterocycles. The molecule has 3 N–H and O–H groups in total. The lowest BCUT2D eigenvalue weighted by atomic mass is 10.2. The van der Waals surface area contributed by atoms with Crippen molar-refractivity contribution >= 4 is 21.7 Å². The Bertz CT molecular complexity index is 1150. The molecule has 2 amide bonds. The average molecular weight is 429 g/mol. The van der Waals surface area contributed by atoms with Gasteiger partial charge in [-0.1, -0.05) is 36.4 Å². The average Bonchev–Trinajstić information content (AvgIpc) is 2.70. The summed E-state index contributed by atoms with van der Waals surface area (Å²) in [4.78, 5) is 13.8.